The van der Waals surface area contributed by atoms with Crippen molar-refractivity contribution in [2.75, 3.05) is 23.7 Å². The molecule has 13 heteroatoms. The molecule has 0 aliphatic rings. The third kappa shape index (κ3) is 8.30. The van der Waals surface area contributed by atoms with E-state index in [1.165, 1.54) is 23.1 Å². The summed E-state index contributed by atoms with van der Waals surface area (Å²) in [7, 11) is -3.99. The van der Waals surface area contributed by atoms with Gasteiger partial charge in [0.25, 0.3) is 0 Å². The van der Waals surface area contributed by atoms with Crippen molar-refractivity contribution in [3.8, 4) is 0 Å². The van der Waals surface area contributed by atoms with Crippen molar-refractivity contribution in [2.24, 2.45) is 0 Å². The van der Waals surface area contributed by atoms with Crippen LogP contribution in [0.5, 0.6) is 0 Å². The molecule has 0 spiro atoms. The summed E-state index contributed by atoms with van der Waals surface area (Å²) in [4.78, 5) is 27.7. The monoisotopic (exact) mass is 615 g/mol. The highest BCUT2D eigenvalue weighted by atomic mass is 35.5. The first kappa shape index (κ1) is 30.8. The van der Waals surface area contributed by atoms with Crippen LogP contribution in [0, 0.1) is 0 Å². The second-order valence-corrected chi connectivity index (χ2v) is 12.0. The summed E-state index contributed by atoms with van der Waals surface area (Å²) in [6, 6.07) is 6.38. The molecule has 0 unspecified atom stereocenters. The first-order valence-electron chi connectivity index (χ1n) is 10.9. The van der Waals surface area contributed by atoms with Crippen LogP contribution >= 0.6 is 58.0 Å². The maximum atomic E-state index is 13.6. The lowest BCUT2D eigenvalue weighted by Gasteiger charge is -2.32. The predicted octanol–water partition coefficient (Wildman–Crippen LogP) is 6.05. The number of sulfonamides is 1. The van der Waals surface area contributed by atoms with Crippen molar-refractivity contribution in [1.29, 1.82) is 0 Å². The molecule has 0 saturated carbocycles. The summed E-state index contributed by atoms with van der Waals surface area (Å²) >= 11 is 30.6. The number of hydrogen-bond donors (Lipinski definition) is 1. The number of anilines is 1. The van der Waals surface area contributed by atoms with Gasteiger partial charge in [0.2, 0.25) is 21.8 Å². The Hall–Kier alpha value is -1.42. The van der Waals surface area contributed by atoms with Crippen LogP contribution in [-0.2, 0) is 26.2 Å². The van der Waals surface area contributed by atoms with Gasteiger partial charge in [-0.15, -0.1) is 0 Å². The maximum absolute atomic E-state index is 13.6. The van der Waals surface area contributed by atoms with Gasteiger partial charge in [-0.25, -0.2) is 8.42 Å². The van der Waals surface area contributed by atoms with E-state index in [2.05, 4.69) is 5.32 Å². The number of benzene rings is 2. The highest BCUT2D eigenvalue weighted by Crippen LogP contribution is 2.35. The fraction of sp³-hybridized carbons (Fsp3) is 0.391. The molecule has 0 bridgehead atoms. The molecule has 0 fully saturated rings. The van der Waals surface area contributed by atoms with Gasteiger partial charge in [0.15, 0.2) is 0 Å². The standard InChI is InChI=1S/C23H26Cl5N3O4S/c1-4-5-8-29-23(33)14(2)30(12-15-6-7-16(24)9-17(15)25)22(32)13-31(36(3,34)35)21-11-19(27)18(26)10-20(21)28/h6-7,9-11,14H,4-5,8,12-13H2,1-3H3,(H,29,33)/t14-/m0/s1. The normalized spacial score (nSPS) is 12.2. The lowest BCUT2D eigenvalue weighted by atomic mass is 10.1. The van der Waals surface area contributed by atoms with Crippen LogP contribution in [0.2, 0.25) is 25.1 Å². The first-order chi connectivity index (χ1) is 16.8. The minimum atomic E-state index is -3.99. The molecule has 0 heterocycles. The number of amides is 2. The Labute approximate surface area is 236 Å². The smallest absolute Gasteiger partial charge is 0.244 e. The molecule has 0 radical (unpaired) electrons. The first-order valence-corrected chi connectivity index (χ1v) is 14.6. The minimum absolute atomic E-state index is 0.0136. The summed E-state index contributed by atoms with van der Waals surface area (Å²) < 4.78 is 26.2. The van der Waals surface area contributed by atoms with Gasteiger partial charge in [-0.05, 0) is 43.2 Å². The van der Waals surface area contributed by atoms with Gasteiger partial charge >= 0.3 is 0 Å². The van der Waals surface area contributed by atoms with Gasteiger partial charge in [0.1, 0.15) is 12.6 Å². The second-order valence-electron chi connectivity index (χ2n) is 8.07. The average molecular weight is 618 g/mol. The Morgan fingerprint density at radius 2 is 1.61 bits per heavy atom. The van der Waals surface area contributed by atoms with Gasteiger partial charge in [-0.3, -0.25) is 13.9 Å². The zero-order chi connectivity index (χ0) is 27.2. The van der Waals surface area contributed by atoms with Crippen LogP contribution in [0.15, 0.2) is 30.3 Å². The van der Waals surface area contributed by atoms with E-state index in [4.69, 9.17) is 58.0 Å². The SMILES string of the molecule is CCCCNC(=O)[C@H](C)N(Cc1ccc(Cl)cc1Cl)C(=O)CN(c1cc(Cl)c(Cl)cc1Cl)S(C)(=O)=O. The van der Waals surface area contributed by atoms with Crippen LogP contribution in [0.1, 0.15) is 32.3 Å². The molecule has 0 aliphatic carbocycles. The van der Waals surface area contributed by atoms with E-state index in [9.17, 15) is 18.0 Å². The van der Waals surface area contributed by atoms with E-state index >= 15 is 0 Å². The van der Waals surface area contributed by atoms with Gasteiger partial charge < -0.3 is 10.2 Å². The number of hydrogen-bond acceptors (Lipinski definition) is 4. The summed E-state index contributed by atoms with van der Waals surface area (Å²) in [5.74, 6) is -1.05. The number of unbranched alkanes of at least 4 members (excludes halogenated alkanes) is 1. The van der Waals surface area contributed by atoms with Crippen LogP contribution in [0.3, 0.4) is 0 Å². The molecule has 0 aliphatic heterocycles. The zero-order valence-corrected chi connectivity index (χ0v) is 24.4. The molecule has 0 saturated heterocycles. The van der Waals surface area contributed by atoms with Crippen molar-refractivity contribution in [3.05, 3.63) is 61.0 Å². The lowest BCUT2D eigenvalue weighted by molar-refractivity contribution is -0.139. The fourth-order valence-corrected chi connectivity index (χ4v) is 5.26. The van der Waals surface area contributed by atoms with Crippen LogP contribution < -0.4 is 9.62 Å². The number of carbonyl (C=O) groups is 2. The van der Waals surface area contributed by atoms with Gasteiger partial charge in [-0.2, -0.15) is 0 Å². The summed E-state index contributed by atoms with van der Waals surface area (Å²) in [6.45, 7) is 3.28. The van der Waals surface area contributed by atoms with E-state index in [0.717, 1.165) is 23.4 Å². The molecule has 1 atom stereocenters. The van der Waals surface area contributed by atoms with Gasteiger partial charge in [0.05, 0.1) is 27.0 Å². The second kappa shape index (κ2) is 13.4. The molecule has 198 valence electrons. The summed E-state index contributed by atoms with van der Waals surface area (Å²) in [5, 5.41) is 3.67. The number of carbonyl (C=O) groups excluding carboxylic acids is 2. The van der Waals surface area contributed by atoms with E-state index in [1.807, 2.05) is 6.92 Å². The van der Waals surface area contributed by atoms with E-state index < -0.39 is 28.5 Å². The van der Waals surface area contributed by atoms with Crippen molar-refractivity contribution in [2.45, 2.75) is 39.3 Å². The molecule has 0 aromatic heterocycles. The number of nitrogens with one attached hydrogen (secondary N) is 1. The van der Waals surface area contributed by atoms with Crippen molar-refractivity contribution in [1.82, 2.24) is 10.2 Å². The van der Waals surface area contributed by atoms with Gasteiger partial charge in [0, 0.05) is 23.1 Å². The Kier molecular flexibility index (Phi) is 11.5. The Morgan fingerprint density at radius 3 is 2.19 bits per heavy atom. The summed E-state index contributed by atoms with van der Waals surface area (Å²) in [5.41, 5.74) is 0.507. The molecule has 2 rings (SSSR count). The van der Waals surface area contributed by atoms with Crippen molar-refractivity contribution >= 4 is 85.5 Å². The topological polar surface area (TPSA) is 86.8 Å². The van der Waals surface area contributed by atoms with Crippen LogP contribution in [0.25, 0.3) is 0 Å². The fourth-order valence-electron chi connectivity index (χ4n) is 3.25. The molecule has 7 nitrogen and oxygen atoms in total. The van der Waals surface area contributed by atoms with E-state index in [1.54, 1.807) is 19.1 Å². The summed E-state index contributed by atoms with van der Waals surface area (Å²) in [6.07, 6.45) is 2.58. The van der Waals surface area contributed by atoms with Crippen LogP contribution in [-0.4, -0.2) is 50.5 Å². The Morgan fingerprint density at radius 1 is 0.972 bits per heavy atom. The molecule has 2 amide bonds. The highest BCUT2D eigenvalue weighted by molar-refractivity contribution is 7.92. The average Bonchev–Trinajstić information content (AvgIpc) is 2.78. The van der Waals surface area contributed by atoms with E-state index in [0.29, 0.717) is 22.2 Å². The highest BCUT2D eigenvalue weighted by Gasteiger charge is 2.31. The van der Waals surface area contributed by atoms with Crippen molar-refractivity contribution in [3.63, 3.8) is 0 Å². The largest absolute Gasteiger partial charge is 0.354 e. The maximum Gasteiger partial charge on any atom is 0.244 e. The third-order valence-electron chi connectivity index (χ3n) is 5.29. The molecule has 2 aromatic rings. The zero-order valence-electron chi connectivity index (χ0n) is 19.8. The third-order valence-corrected chi connectivity index (χ3v) is 8.03. The Balaban J connectivity index is 2.45. The van der Waals surface area contributed by atoms with Crippen LogP contribution in [0.4, 0.5) is 5.69 Å². The Bertz CT molecular complexity index is 1230. The van der Waals surface area contributed by atoms with Crippen molar-refractivity contribution < 1.29 is 18.0 Å². The molecule has 1 N–H and O–H groups in total. The molecule has 2 aromatic carbocycles. The minimum Gasteiger partial charge on any atom is -0.354 e. The van der Waals surface area contributed by atoms with E-state index in [-0.39, 0.29) is 33.2 Å². The molecular formula is C23H26Cl5N3O4S. The predicted molar refractivity (Wildman–Crippen MR) is 148 cm³/mol. The molecular weight excluding hydrogens is 592 g/mol. The number of nitrogens with zero attached hydrogens (tertiary/aromatic N) is 2. The lowest BCUT2D eigenvalue weighted by Crippen LogP contribution is -2.51. The molecule has 36 heavy (non-hydrogen) atoms. The number of halogens is 5. The number of rotatable bonds is 11. The van der Waals surface area contributed by atoms with Gasteiger partial charge in [-0.1, -0.05) is 77.4 Å². The quantitative estimate of drug-likeness (QED) is 0.246.